The lowest BCUT2D eigenvalue weighted by atomic mass is 9.93. The molecular weight excluding hydrogens is 587 g/mol. The van der Waals surface area contributed by atoms with E-state index in [1.54, 1.807) is 13.2 Å². The van der Waals surface area contributed by atoms with Gasteiger partial charge in [0.15, 0.2) is 0 Å². The molecule has 0 amide bonds. The Morgan fingerprint density at radius 2 is 2.02 bits per heavy atom. The zero-order chi connectivity index (χ0) is 32.2. The second-order valence-electron chi connectivity index (χ2n) is 12.5. The number of hydrogen-bond donors (Lipinski definition) is 1. The summed E-state index contributed by atoms with van der Waals surface area (Å²) in [7, 11) is 1.71. The van der Waals surface area contributed by atoms with Crippen molar-refractivity contribution in [2.24, 2.45) is 22.7 Å². The summed E-state index contributed by atoms with van der Waals surface area (Å²) in [6.07, 6.45) is 13.3. The Balaban J connectivity index is 1.41. The molecule has 2 fully saturated rings. The number of aliphatic imine (C=N–C) groups is 1. The van der Waals surface area contributed by atoms with Crippen molar-refractivity contribution in [3.8, 4) is 17.0 Å². The summed E-state index contributed by atoms with van der Waals surface area (Å²) >= 11 is 6.39. The van der Waals surface area contributed by atoms with Gasteiger partial charge in [0.05, 0.1) is 19.4 Å². The van der Waals surface area contributed by atoms with Crippen LogP contribution in [0.3, 0.4) is 0 Å². The zero-order valence-corrected chi connectivity index (χ0v) is 28.2. The van der Waals surface area contributed by atoms with E-state index in [0.29, 0.717) is 42.0 Å². The van der Waals surface area contributed by atoms with Crippen molar-refractivity contribution in [3.63, 3.8) is 0 Å². The molecule has 45 heavy (non-hydrogen) atoms. The lowest BCUT2D eigenvalue weighted by molar-refractivity contribution is 0.311. The molecule has 3 aliphatic rings. The fourth-order valence-electron chi connectivity index (χ4n) is 5.94. The van der Waals surface area contributed by atoms with Crippen molar-refractivity contribution >= 4 is 17.3 Å². The Morgan fingerprint density at radius 3 is 2.64 bits per heavy atom. The van der Waals surface area contributed by atoms with E-state index >= 15 is 0 Å². The molecule has 3 unspecified atom stereocenters. The number of ether oxygens (including phenoxy) is 2. The molecular formula is C37H46ClFN4O2. The van der Waals surface area contributed by atoms with Gasteiger partial charge in [0.25, 0.3) is 0 Å². The molecule has 1 aliphatic heterocycles. The molecule has 0 radical (unpaired) electrons. The van der Waals surface area contributed by atoms with Crippen LogP contribution in [-0.2, 0) is 4.74 Å². The summed E-state index contributed by atoms with van der Waals surface area (Å²) in [4.78, 5) is 13.9. The van der Waals surface area contributed by atoms with Crippen molar-refractivity contribution < 1.29 is 13.9 Å². The highest BCUT2D eigenvalue weighted by Crippen LogP contribution is 2.47. The Kier molecular flexibility index (Phi) is 10.5. The molecule has 0 aromatic carbocycles. The maximum Gasteiger partial charge on any atom is 0.232 e. The van der Waals surface area contributed by atoms with Crippen LogP contribution in [0.1, 0.15) is 89.8 Å². The van der Waals surface area contributed by atoms with E-state index in [4.69, 9.17) is 31.1 Å². The molecule has 0 spiro atoms. The fraction of sp³-hybridized carbons (Fsp3) is 0.486. The van der Waals surface area contributed by atoms with E-state index in [1.165, 1.54) is 19.0 Å². The van der Waals surface area contributed by atoms with Crippen LogP contribution in [0.15, 0.2) is 70.9 Å². The summed E-state index contributed by atoms with van der Waals surface area (Å²) in [5.74, 6) is 2.37. The Morgan fingerprint density at radius 1 is 1.27 bits per heavy atom. The van der Waals surface area contributed by atoms with E-state index in [1.807, 2.05) is 6.92 Å². The highest BCUT2D eigenvalue weighted by molar-refractivity contribution is 6.33. The second-order valence-corrected chi connectivity index (χ2v) is 12.9. The molecule has 3 heterocycles. The van der Waals surface area contributed by atoms with Crippen molar-refractivity contribution in [1.82, 2.24) is 15.3 Å². The third kappa shape index (κ3) is 7.35. The van der Waals surface area contributed by atoms with Crippen LogP contribution >= 0.6 is 11.6 Å². The molecule has 8 heteroatoms. The summed E-state index contributed by atoms with van der Waals surface area (Å²) in [6, 6.07) is 3.87. The monoisotopic (exact) mass is 632 g/mol. The van der Waals surface area contributed by atoms with Crippen molar-refractivity contribution in [2.45, 2.75) is 78.6 Å². The van der Waals surface area contributed by atoms with E-state index < -0.39 is 5.95 Å². The van der Waals surface area contributed by atoms with Crippen molar-refractivity contribution in [3.05, 3.63) is 88.1 Å². The maximum atomic E-state index is 14.4. The molecule has 240 valence electrons. The van der Waals surface area contributed by atoms with Gasteiger partial charge in [0, 0.05) is 64.6 Å². The van der Waals surface area contributed by atoms with Crippen LogP contribution in [0.2, 0.25) is 5.02 Å². The largest absolute Gasteiger partial charge is 0.495 e. The van der Waals surface area contributed by atoms with Crippen LogP contribution < -0.4 is 10.1 Å². The lowest BCUT2D eigenvalue weighted by Gasteiger charge is -2.22. The van der Waals surface area contributed by atoms with Gasteiger partial charge in [-0.3, -0.25) is 4.99 Å². The normalized spacial score (nSPS) is 20.4. The minimum Gasteiger partial charge on any atom is -0.495 e. The fourth-order valence-corrected chi connectivity index (χ4v) is 6.15. The second kappa shape index (κ2) is 14.3. The third-order valence-corrected chi connectivity index (χ3v) is 9.64. The van der Waals surface area contributed by atoms with Crippen molar-refractivity contribution in [2.75, 3.05) is 20.3 Å². The van der Waals surface area contributed by atoms with E-state index in [2.05, 4.69) is 68.9 Å². The Bertz CT molecular complexity index is 1550. The van der Waals surface area contributed by atoms with Gasteiger partial charge in [-0.25, -0.2) is 9.97 Å². The predicted molar refractivity (Wildman–Crippen MR) is 181 cm³/mol. The summed E-state index contributed by atoms with van der Waals surface area (Å²) < 4.78 is 26.4. The Labute approximate surface area is 272 Å². The number of nitrogens with one attached hydrogen (secondary N) is 1. The first kappa shape index (κ1) is 32.9. The highest BCUT2D eigenvalue weighted by atomic mass is 35.5. The van der Waals surface area contributed by atoms with Gasteiger partial charge in [-0.1, -0.05) is 51.1 Å². The highest BCUT2D eigenvalue weighted by Gasteiger charge is 2.36. The molecule has 2 saturated carbocycles. The molecule has 6 nitrogen and oxygen atoms in total. The standard InChI is InChI=1S/C37H46ClFN4O2/c1-8-21(4)34(42-30(10-3)26-13-14-26)32(44-7)17-24(9-2)23(6)41-19-29(25-11-12-25)31-18-28-22(5)20-45-36(28)35(43-31)27-15-16-40-37(39)33(27)38/h9-10,15-18,21-22,25-26,29,41H,6,8,11-14,19-20H2,1-5,7H3/b24-9+,30-10-,32-17+,42-34-. The maximum absolute atomic E-state index is 14.4. The minimum atomic E-state index is -0.712. The lowest BCUT2D eigenvalue weighted by Crippen LogP contribution is -2.24. The third-order valence-electron chi connectivity index (χ3n) is 9.28. The topological polar surface area (TPSA) is 68.6 Å². The average Bonchev–Trinajstić information content (AvgIpc) is 3.99. The number of halogens is 2. The van der Waals surface area contributed by atoms with Crippen LogP contribution in [0.25, 0.3) is 11.3 Å². The van der Waals surface area contributed by atoms with Gasteiger partial charge in [-0.2, -0.15) is 4.39 Å². The van der Waals surface area contributed by atoms with Gasteiger partial charge in [-0.15, -0.1) is 0 Å². The van der Waals surface area contributed by atoms with Crippen LogP contribution in [-0.4, -0.2) is 35.9 Å². The number of nitrogens with zero attached hydrogens (tertiary/aromatic N) is 3. The number of allylic oxidation sites excluding steroid dienone is 5. The molecule has 1 N–H and O–H groups in total. The van der Waals surface area contributed by atoms with Gasteiger partial charge < -0.3 is 14.8 Å². The van der Waals surface area contributed by atoms with E-state index in [0.717, 1.165) is 59.0 Å². The van der Waals surface area contributed by atoms with Crippen molar-refractivity contribution in [1.29, 1.82) is 0 Å². The van der Waals surface area contributed by atoms with Crippen LogP contribution in [0.4, 0.5) is 4.39 Å². The first-order valence-corrected chi connectivity index (χ1v) is 16.7. The van der Waals surface area contributed by atoms with Gasteiger partial charge >= 0.3 is 0 Å². The summed E-state index contributed by atoms with van der Waals surface area (Å²) in [5.41, 5.74) is 7.00. The zero-order valence-electron chi connectivity index (χ0n) is 27.4. The van der Waals surface area contributed by atoms with E-state index in [9.17, 15) is 4.39 Å². The number of rotatable bonds is 14. The molecule has 2 aromatic heterocycles. The number of fused-ring (bicyclic) bond motifs is 1. The molecule has 5 rings (SSSR count). The summed E-state index contributed by atoms with van der Waals surface area (Å²) in [5, 5.41) is 3.58. The number of hydrogen-bond acceptors (Lipinski definition) is 6. The summed E-state index contributed by atoms with van der Waals surface area (Å²) in [6.45, 7) is 16.2. The SMILES string of the molecule is C=C(NCC(c1cc2c(c(-c3ccnc(F)c3Cl)n1)OCC2C)C1CC1)C(=C/C)/C=C(OC)\C(=N/C(=C\C)C1CC1)C(C)CC. The molecule has 0 saturated heterocycles. The number of methoxy groups -OCH3 is 1. The molecule has 3 atom stereocenters. The predicted octanol–water partition coefficient (Wildman–Crippen LogP) is 9.31. The first-order valence-electron chi connectivity index (χ1n) is 16.3. The Hall–Kier alpha value is -3.45. The average molecular weight is 633 g/mol. The smallest absolute Gasteiger partial charge is 0.232 e. The van der Waals surface area contributed by atoms with Gasteiger partial charge in [0.2, 0.25) is 5.95 Å². The number of pyridine rings is 2. The van der Waals surface area contributed by atoms with Crippen LogP contribution in [0, 0.1) is 23.7 Å². The van der Waals surface area contributed by atoms with Gasteiger partial charge in [0.1, 0.15) is 22.2 Å². The van der Waals surface area contributed by atoms with Gasteiger partial charge in [-0.05, 0) is 75.7 Å². The molecule has 2 aliphatic carbocycles. The number of aromatic nitrogens is 2. The molecule has 2 aromatic rings. The first-order chi connectivity index (χ1) is 21.7. The molecule has 0 bridgehead atoms. The minimum absolute atomic E-state index is 0.0422. The quantitative estimate of drug-likeness (QED) is 0.0973. The van der Waals surface area contributed by atoms with Crippen LogP contribution in [0.5, 0.6) is 5.75 Å². The van der Waals surface area contributed by atoms with E-state index in [-0.39, 0.29) is 22.8 Å².